The van der Waals surface area contributed by atoms with E-state index in [1.54, 1.807) is 12.1 Å². The van der Waals surface area contributed by atoms with Crippen LogP contribution in [0.2, 0.25) is 0 Å². The fourth-order valence-corrected chi connectivity index (χ4v) is 5.89. The molecule has 4 heterocycles. The lowest BCUT2D eigenvalue weighted by Gasteiger charge is -2.42. The van der Waals surface area contributed by atoms with Crippen molar-refractivity contribution in [1.29, 1.82) is 0 Å². The summed E-state index contributed by atoms with van der Waals surface area (Å²) in [5.74, 6) is -0.723. The van der Waals surface area contributed by atoms with E-state index in [0.717, 1.165) is 23.4 Å². The van der Waals surface area contributed by atoms with Gasteiger partial charge in [-0.1, -0.05) is 0 Å². The molecule has 0 saturated carbocycles. The molecule has 210 valence electrons. The van der Waals surface area contributed by atoms with E-state index in [4.69, 9.17) is 9.47 Å². The first kappa shape index (κ1) is 28.3. The number of hydrogen-bond acceptors (Lipinski definition) is 8. The Morgan fingerprint density at radius 1 is 1.05 bits per heavy atom. The number of anilines is 2. The highest BCUT2D eigenvalue weighted by molar-refractivity contribution is 7.89. The predicted molar refractivity (Wildman–Crippen MR) is 132 cm³/mol. The average Bonchev–Trinajstić information content (AvgIpc) is 2.82. The minimum Gasteiger partial charge on any atom is -0.472 e. The molecular weight excluding hydrogens is 530 g/mol. The molecule has 2 atom stereocenters. The van der Waals surface area contributed by atoms with Crippen LogP contribution in [0.25, 0.3) is 0 Å². The quantitative estimate of drug-likeness (QED) is 0.513. The zero-order chi connectivity index (χ0) is 27.9. The largest absolute Gasteiger partial charge is 0.472 e. The summed E-state index contributed by atoms with van der Waals surface area (Å²) in [6, 6.07) is 1.77. The molecule has 2 aliphatic heterocycles. The highest BCUT2D eigenvalue weighted by Crippen LogP contribution is 2.36. The van der Waals surface area contributed by atoms with E-state index in [1.807, 2.05) is 32.6 Å². The van der Waals surface area contributed by atoms with Crippen LogP contribution in [-0.4, -0.2) is 85.9 Å². The maximum atomic E-state index is 14.4. The molecule has 2 saturated heterocycles. The third-order valence-electron chi connectivity index (χ3n) is 6.22. The number of hydrogen-bond donors (Lipinski definition) is 0. The molecule has 4 rings (SSSR count). The fourth-order valence-electron chi connectivity index (χ4n) is 4.48. The molecule has 0 radical (unpaired) electrons. The Morgan fingerprint density at radius 2 is 1.79 bits per heavy atom. The molecule has 0 spiro atoms. The van der Waals surface area contributed by atoms with Gasteiger partial charge in [-0.05, 0) is 33.8 Å². The third-order valence-corrected chi connectivity index (χ3v) is 8.05. The van der Waals surface area contributed by atoms with Crippen molar-refractivity contribution in [3.63, 3.8) is 0 Å². The zero-order valence-corrected chi connectivity index (χ0v) is 22.4. The van der Waals surface area contributed by atoms with E-state index < -0.39 is 45.1 Å². The van der Waals surface area contributed by atoms with Crippen molar-refractivity contribution in [2.75, 3.05) is 49.2 Å². The summed E-state index contributed by atoms with van der Waals surface area (Å²) in [6.07, 6.45) is -3.05. The van der Waals surface area contributed by atoms with Crippen molar-refractivity contribution in [2.45, 2.75) is 56.5 Å². The van der Waals surface area contributed by atoms with Crippen molar-refractivity contribution in [2.24, 2.45) is 0 Å². The fraction of sp³-hybridized carbons (Fsp3) is 0.583. The highest BCUT2D eigenvalue weighted by Gasteiger charge is 2.49. The van der Waals surface area contributed by atoms with Crippen LogP contribution in [0, 0.1) is 5.82 Å². The SMILES string of the molecule is C[C@@H]1COCCN1c1cc(OC(C)(C)C)nc(N2CCN(S(=O)(=O)c3cncc(F)c3)CC2C(F)(F)F)c1. The number of nitrogens with zero attached hydrogens (tertiary/aromatic N) is 5. The van der Waals surface area contributed by atoms with E-state index >= 15 is 0 Å². The van der Waals surface area contributed by atoms with Gasteiger partial charge in [0.2, 0.25) is 15.9 Å². The van der Waals surface area contributed by atoms with Crippen LogP contribution in [0.5, 0.6) is 5.88 Å². The number of sulfonamides is 1. The van der Waals surface area contributed by atoms with Gasteiger partial charge in [0.05, 0.1) is 19.4 Å². The summed E-state index contributed by atoms with van der Waals surface area (Å²) in [4.78, 5) is 10.5. The second-order valence-electron chi connectivity index (χ2n) is 10.3. The molecule has 2 aromatic heterocycles. The molecule has 2 aromatic rings. The van der Waals surface area contributed by atoms with Crippen LogP contribution in [0.1, 0.15) is 27.7 Å². The number of alkyl halides is 3. The minimum atomic E-state index is -4.79. The van der Waals surface area contributed by atoms with E-state index in [-0.39, 0.29) is 30.8 Å². The van der Waals surface area contributed by atoms with Gasteiger partial charge in [0.25, 0.3) is 0 Å². The number of piperazine rings is 1. The van der Waals surface area contributed by atoms with Crippen LogP contribution in [0.4, 0.5) is 29.1 Å². The number of morpholine rings is 1. The molecule has 2 aliphatic rings. The van der Waals surface area contributed by atoms with Gasteiger partial charge in [-0.25, -0.2) is 12.8 Å². The standard InChI is InChI=1S/C24H31F4N5O4S/c1-16-15-36-8-7-32(16)18-10-21(30-22(11-18)37-23(2,3)4)33-6-5-31(14-20(33)24(26,27)28)38(34,35)19-9-17(25)12-29-13-19/h9-13,16,20H,5-8,14-15H2,1-4H3/t16-,20?/m1/s1. The summed E-state index contributed by atoms with van der Waals surface area (Å²) in [5, 5.41) is 0. The lowest BCUT2D eigenvalue weighted by atomic mass is 10.1. The molecule has 0 aliphatic carbocycles. The van der Waals surface area contributed by atoms with Crippen LogP contribution in [0.3, 0.4) is 0 Å². The molecule has 1 unspecified atom stereocenters. The van der Waals surface area contributed by atoms with Crippen molar-refractivity contribution in [1.82, 2.24) is 14.3 Å². The first-order valence-electron chi connectivity index (χ1n) is 12.1. The smallest absolute Gasteiger partial charge is 0.410 e. The summed E-state index contributed by atoms with van der Waals surface area (Å²) >= 11 is 0. The summed E-state index contributed by atoms with van der Waals surface area (Å²) < 4.78 is 95.0. The molecule has 9 nitrogen and oxygen atoms in total. The molecule has 0 aromatic carbocycles. The first-order valence-corrected chi connectivity index (χ1v) is 13.6. The van der Waals surface area contributed by atoms with Crippen molar-refractivity contribution >= 4 is 21.5 Å². The Balaban J connectivity index is 1.71. The average molecular weight is 562 g/mol. The van der Waals surface area contributed by atoms with Gasteiger partial charge in [-0.2, -0.15) is 22.5 Å². The molecule has 38 heavy (non-hydrogen) atoms. The minimum absolute atomic E-state index is 0.0206. The number of aromatic nitrogens is 2. The summed E-state index contributed by atoms with van der Waals surface area (Å²) in [5.41, 5.74) is -0.0267. The monoisotopic (exact) mass is 561 g/mol. The number of rotatable bonds is 5. The lowest BCUT2D eigenvalue weighted by molar-refractivity contribution is -0.153. The van der Waals surface area contributed by atoms with Crippen molar-refractivity contribution < 1.29 is 35.5 Å². The van der Waals surface area contributed by atoms with Gasteiger partial charge < -0.3 is 19.3 Å². The zero-order valence-electron chi connectivity index (χ0n) is 21.6. The Kier molecular flexibility index (Phi) is 7.79. The maximum Gasteiger partial charge on any atom is 0.410 e. The van der Waals surface area contributed by atoms with Crippen LogP contribution < -0.4 is 14.5 Å². The second kappa shape index (κ2) is 10.5. The Morgan fingerprint density at radius 3 is 2.42 bits per heavy atom. The molecular formula is C24H31F4N5O4S. The summed E-state index contributed by atoms with van der Waals surface area (Å²) in [7, 11) is -4.41. The highest BCUT2D eigenvalue weighted by atomic mass is 32.2. The van der Waals surface area contributed by atoms with Gasteiger partial charge >= 0.3 is 6.18 Å². The number of halogens is 4. The Labute approximate surface area is 219 Å². The Bertz CT molecular complexity index is 1260. The van der Waals surface area contributed by atoms with Crippen molar-refractivity contribution in [3.8, 4) is 5.88 Å². The molecule has 0 N–H and O–H groups in total. The third kappa shape index (κ3) is 6.29. The number of pyridine rings is 2. The van der Waals surface area contributed by atoms with Gasteiger partial charge in [0.1, 0.15) is 28.2 Å². The topological polar surface area (TPSA) is 88.1 Å². The van der Waals surface area contributed by atoms with Crippen LogP contribution in [-0.2, 0) is 14.8 Å². The number of ether oxygens (including phenoxy) is 2. The van der Waals surface area contributed by atoms with Crippen LogP contribution >= 0.6 is 0 Å². The predicted octanol–water partition coefficient (Wildman–Crippen LogP) is 3.46. The lowest BCUT2D eigenvalue weighted by Crippen LogP contribution is -2.60. The molecule has 0 amide bonds. The molecule has 14 heteroatoms. The van der Waals surface area contributed by atoms with Gasteiger partial charge in [0.15, 0.2) is 0 Å². The second-order valence-corrected chi connectivity index (χ2v) is 12.2. The summed E-state index contributed by atoms with van der Waals surface area (Å²) in [6.45, 7) is 7.39. The van der Waals surface area contributed by atoms with Gasteiger partial charge in [0, 0.05) is 56.2 Å². The Hall–Kier alpha value is -2.71. The van der Waals surface area contributed by atoms with Crippen molar-refractivity contribution in [3.05, 3.63) is 36.4 Å². The van der Waals surface area contributed by atoms with E-state index in [2.05, 4.69) is 9.97 Å². The molecule has 0 bridgehead atoms. The normalized spacial score (nSPS) is 22.0. The van der Waals surface area contributed by atoms with E-state index in [0.29, 0.717) is 29.8 Å². The molecule has 2 fully saturated rings. The van der Waals surface area contributed by atoms with Crippen LogP contribution in [0.15, 0.2) is 35.5 Å². The maximum absolute atomic E-state index is 14.4. The van der Waals surface area contributed by atoms with E-state index in [9.17, 15) is 26.0 Å². The first-order chi connectivity index (χ1) is 17.6. The van der Waals surface area contributed by atoms with Gasteiger partial charge in [-0.15, -0.1) is 0 Å². The van der Waals surface area contributed by atoms with E-state index in [1.165, 1.54) is 0 Å². The van der Waals surface area contributed by atoms with Gasteiger partial charge in [-0.3, -0.25) is 4.98 Å².